The van der Waals surface area contributed by atoms with Gasteiger partial charge in [0.1, 0.15) is 10.7 Å². The molecule has 0 aliphatic rings. The van der Waals surface area contributed by atoms with Crippen LogP contribution < -0.4 is 10.6 Å². The summed E-state index contributed by atoms with van der Waals surface area (Å²) in [4.78, 5) is 3.83. The van der Waals surface area contributed by atoms with E-state index in [4.69, 9.17) is 0 Å². The fourth-order valence-corrected chi connectivity index (χ4v) is 3.84. The lowest BCUT2D eigenvalue weighted by Crippen LogP contribution is -2.41. The summed E-state index contributed by atoms with van der Waals surface area (Å²) in [6.07, 6.45) is 0. The third-order valence-corrected chi connectivity index (χ3v) is 6.02. The summed E-state index contributed by atoms with van der Waals surface area (Å²) in [6.45, 7) is 4.94. The van der Waals surface area contributed by atoms with Crippen molar-refractivity contribution in [3.8, 4) is 0 Å². The van der Waals surface area contributed by atoms with Gasteiger partial charge in [0.2, 0.25) is 0 Å². The zero-order valence-electron chi connectivity index (χ0n) is 15.9. The van der Waals surface area contributed by atoms with Crippen molar-refractivity contribution in [2.75, 3.05) is 25.9 Å². The molecule has 0 bridgehead atoms. The molecule has 0 saturated heterocycles. The van der Waals surface area contributed by atoms with Crippen molar-refractivity contribution in [3.63, 3.8) is 0 Å². The Kier molecular flexibility index (Phi) is 7.36. The third kappa shape index (κ3) is 6.06. The summed E-state index contributed by atoms with van der Waals surface area (Å²) < 4.78 is 38.2. The highest BCUT2D eigenvalue weighted by molar-refractivity contribution is 7.91. The van der Waals surface area contributed by atoms with Crippen LogP contribution in [0.25, 0.3) is 0 Å². The Bertz CT molecular complexity index is 880. The SMILES string of the molecule is CN=C(NCCS(=O)(=O)c1ccccc1F)NCC(C)c1ccc(C)cc1. The molecule has 0 saturated carbocycles. The van der Waals surface area contributed by atoms with Gasteiger partial charge in [0, 0.05) is 20.1 Å². The van der Waals surface area contributed by atoms with Gasteiger partial charge in [0.15, 0.2) is 15.8 Å². The first-order valence-electron chi connectivity index (χ1n) is 8.82. The molecule has 2 aromatic carbocycles. The van der Waals surface area contributed by atoms with Crippen molar-refractivity contribution < 1.29 is 12.8 Å². The van der Waals surface area contributed by atoms with Gasteiger partial charge in [-0.2, -0.15) is 0 Å². The van der Waals surface area contributed by atoms with Gasteiger partial charge in [-0.05, 0) is 30.5 Å². The van der Waals surface area contributed by atoms with Gasteiger partial charge in [-0.1, -0.05) is 48.9 Å². The highest BCUT2D eigenvalue weighted by Gasteiger charge is 2.18. The number of hydrogen-bond acceptors (Lipinski definition) is 3. The third-order valence-electron chi connectivity index (χ3n) is 4.28. The monoisotopic (exact) mass is 391 g/mol. The predicted molar refractivity (Wildman–Crippen MR) is 107 cm³/mol. The van der Waals surface area contributed by atoms with E-state index >= 15 is 0 Å². The standard InChI is InChI=1S/C20H26FN3O2S/c1-15-8-10-17(11-9-15)16(2)14-24-20(22-3)23-12-13-27(25,26)19-7-5-4-6-18(19)21/h4-11,16H,12-14H2,1-3H3,(H2,22,23,24). The molecule has 27 heavy (non-hydrogen) atoms. The molecule has 0 spiro atoms. The van der Waals surface area contributed by atoms with E-state index in [1.54, 1.807) is 7.05 Å². The lowest BCUT2D eigenvalue weighted by Gasteiger charge is -2.16. The fourth-order valence-electron chi connectivity index (χ4n) is 2.59. The zero-order valence-corrected chi connectivity index (χ0v) is 16.7. The van der Waals surface area contributed by atoms with Crippen LogP contribution in [0.15, 0.2) is 58.4 Å². The highest BCUT2D eigenvalue weighted by Crippen LogP contribution is 2.15. The van der Waals surface area contributed by atoms with E-state index in [-0.39, 0.29) is 23.1 Å². The molecule has 0 heterocycles. The molecular formula is C20H26FN3O2S. The molecule has 0 amide bonds. The molecule has 1 unspecified atom stereocenters. The number of aryl methyl sites for hydroxylation is 1. The summed E-state index contributed by atoms with van der Waals surface area (Å²) in [7, 11) is -2.07. The van der Waals surface area contributed by atoms with Crippen LogP contribution in [0.3, 0.4) is 0 Å². The van der Waals surface area contributed by atoms with Crippen LogP contribution in [0, 0.1) is 12.7 Å². The Morgan fingerprint density at radius 2 is 1.78 bits per heavy atom. The second-order valence-corrected chi connectivity index (χ2v) is 8.52. The number of rotatable bonds is 7. The molecule has 0 radical (unpaired) electrons. The average molecular weight is 392 g/mol. The molecule has 0 fully saturated rings. The Morgan fingerprint density at radius 3 is 2.41 bits per heavy atom. The first-order valence-corrected chi connectivity index (χ1v) is 10.5. The Labute approximate surface area is 160 Å². The van der Waals surface area contributed by atoms with Crippen LogP contribution in [0.2, 0.25) is 0 Å². The van der Waals surface area contributed by atoms with Crippen LogP contribution in [-0.4, -0.2) is 40.3 Å². The number of halogens is 1. The van der Waals surface area contributed by atoms with Crippen molar-refractivity contribution in [2.45, 2.75) is 24.7 Å². The van der Waals surface area contributed by atoms with Crippen LogP contribution in [0.5, 0.6) is 0 Å². The van der Waals surface area contributed by atoms with E-state index in [0.29, 0.717) is 12.5 Å². The summed E-state index contributed by atoms with van der Waals surface area (Å²) in [5.41, 5.74) is 2.43. The smallest absolute Gasteiger partial charge is 0.191 e. The minimum atomic E-state index is -3.69. The molecule has 0 aromatic heterocycles. The summed E-state index contributed by atoms with van der Waals surface area (Å²) in [5.74, 6) is -0.168. The summed E-state index contributed by atoms with van der Waals surface area (Å²) >= 11 is 0. The molecule has 2 rings (SSSR count). The van der Waals surface area contributed by atoms with Crippen LogP contribution in [0.4, 0.5) is 4.39 Å². The van der Waals surface area contributed by atoms with Crippen molar-refractivity contribution in [3.05, 3.63) is 65.5 Å². The van der Waals surface area contributed by atoms with E-state index < -0.39 is 15.7 Å². The second kappa shape index (κ2) is 9.50. The van der Waals surface area contributed by atoms with Crippen molar-refractivity contribution in [1.29, 1.82) is 0 Å². The highest BCUT2D eigenvalue weighted by atomic mass is 32.2. The number of benzene rings is 2. The molecule has 2 N–H and O–H groups in total. The number of hydrogen-bond donors (Lipinski definition) is 2. The molecule has 0 aliphatic heterocycles. The summed E-state index contributed by atoms with van der Waals surface area (Å²) in [5, 5.41) is 6.16. The van der Waals surface area contributed by atoms with Gasteiger partial charge in [0.25, 0.3) is 0 Å². The van der Waals surface area contributed by atoms with Gasteiger partial charge >= 0.3 is 0 Å². The molecule has 7 heteroatoms. The number of nitrogens with zero attached hydrogens (tertiary/aromatic N) is 1. The van der Waals surface area contributed by atoms with Gasteiger partial charge in [-0.25, -0.2) is 12.8 Å². The number of nitrogens with one attached hydrogen (secondary N) is 2. The molecular weight excluding hydrogens is 365 g/mol. The van der Waals surface area contributed by atoms with Crippen molar-refractivity contribution in [2.24, 2.45) is 4.99 Å². The largest absolute Gasteiger partial charge is 0.356 e. The quantitative estimate of drug-likeness (QED) is 0.562. The van der Waals surface area contributed by atoms with Gasteiger partial charge in [0.05, 0.1) is 5.75 Å². The molecule has 1 atom stereocenters. The first-order chi connectivity index (χ1) is 12.8. The molecule has 2 aromatic rings. The van der Waals surface area contributed by atoms with Gasteiger partial charge < -0.3 is 10.6 Å². The topological polar surface area (TPSA) is 70.6 Å². The van der Waals surface area contributed by atoms with Gasteiger partial charge in [-0.3, -0.25) is 4.99 Å². The molecule has 146 valence electrons. The predicted octanol–water partition coefficient (Wildman–Crippen LogP) is 2.88. The maximum Gasteiger partial charge on any atom is 0.191 e. The maximum absolute atomic E-state index is 13.7. The van der Waals surface area contributed by atoms with E-state index in [9.17, 15) is 12.8 Å². The lowest BCUT2D eigenvalue weighted by molar-refractivity contribution is 0.566. The van der Waals surface area contributed by atoms with Crippen LogP contribution in [0.1, 0.15) is 24.0 Å². The zero-order chi connectivity index (χ0) is 19.9. The van der Waals surface area contributed by atoms with Gasteiger partial charge in [-0.15, -0.1) is 0 Å². The lowest BCUT2D eigenvalue weighted by atomic mass is 10.0. The Hall–Kier alpha value is -2.41. The number of guanidine groups is 1. The minimum Gasteiger partial charge on any atom is -0.356 e. The number of aliphatic imine (C=N–C) groups is 1. The maximum atomic E-state index is 13.7. The van der Waals surface area contributed by atoms with Crippen LogP contribution >= 0.6 is 0 Å². The van der Waals surface area contributed by atoms with E-state index in [0.717, 1.165) is 6.07 Å². The fraction of sp³-hybridized carbons (Fsp3) is 0.350. The van der Waals surface area contributed by atoms with Crippen molar-refractivity contribution in [1.82, 2.24) is 10.6 Å². The van der Waals surface area contributed by atoms with Crippen molar-refractivity contribution >= 4 is 15.8 Å². The normalized spacial score (nSPS) is 13.3. The molecule has 5 nitrogen and oxygen atoms in total. The first kappa shape index (κ1) is 20.9. The minimum absolute atomic E-state index is 0.134. The Morgan fingerprint density at radius 1 is 1.11 bits per heavy atom. The number of sulfone groups is 1. The molecule has 0 aliphatic carbocycles. The van der Waals surface area contributed by atoms with Crippen LogP contribution in [-0.2, 0) is 9.84 Å². The summed E-state index contributed by atoms with van der Waals surface area (Å²) in [6, 6.07) is 13.7. The van der Waals surface area contributed by atoms with E-state index in [1.807, 2.05) is 6.92 Å². The van der Waals surface area contributed by atoms with E-state index in [2.05, 4.69) is 46.8 Å². The second-order valence-electron chi connectivity index (χ2n) is 6.44. The Balaban J connectivity index is 1.85. The average Bonchev–Trinajstić information content (AvgIpc) is 2.65. The van der Waals surface area contributed by atoms with E-state index in [1.165, 1.54) is 29.3 Å².